The van der Waals surface area contributed by atoms with Gasteiger partial charge in [-0.25, -0.2) is 4.90 Å². The van der Waals surface area contributed by atoms with Gasteiger partial charge in [-0.2, -0.15) is 0 Å². The Labute approximate surface area is 165 Å². The van der Waals surface area contributed by atoms with E-state index < -0.39 is 5.72 Å². The summed E-state index contributed by atoms with van der Waals surface area (Å²) in [6.07, 6.45) is 0.383. The molecule has 0 N–H and O–H groups in total. The van der Waals surface area contributed by atoms with E-state index in [0.29, 0.717) is 47.8 Å². The van der Waals surface area contributed by atoms with Gasteiger partial charge in [-0.05, 0) is 44.5 Å². The van der Waals surface area contributed by atoms with Crippen LogP contribution >= 0.6 is 0 Å². The van der Waals surface area contributed by atoms with Crippen LogP contribution in [0.5, 0.6) is 11.5 Å². The Morgan fingerprint density at radius 2 is 1.43 bits per heavy atom. The van der Waals surface area contributed by atoms with Gasteiger partial charge in [0.25, 0.3) is 11.8 Å². The van der Waals surface area contributed by atoms with E-state index in [2.05, 4.69) is 0 Å². The zero-order valence-electron chi connectivity index (χ0n) is 16.7. The summed E-state index contributed by atoms with van der Waals surface area (Å²) in [5.74, 6) is 0.428. The molecule has 2 aromatic carbocycles. The fourth-order valence-corrected chi connectivity index (χ4v) is 3.66. The van der Waals surface area contributed by atoms with E-state index >= 15 is 0 Å². The number of ether oxygens (including phenoxy) is 3. The molecule has 1 unspecified atom stereocenters. The second-order valence-corrected chi connectivity index (χ2v) is 6.36. The summed E-state index contributed by atoms with van der Waals surface area (Å²) in [4.78, 5) is 27.4. The maximum atomic E-state index is 13.1. The van der Waals surface area contributed by atoms with Crippen molar-refractivity contribution in [3.63, 3.8) is 0 Å². The van der Waals surface area contributed by atoms with Crippen molar-refractivity contribution in [1.29, 1.82) is 0 Å². The summed E-state index contributed by atoms with van der Waals surface area (Å²) in [6, 6.07) is 12.2. The molecule has 0 aliphatic carbocycles. The van der Waals surface area contributed by atoms with Gasteiger partial charge in [0.05, 0.1) is 24.3 Å². The summed E-state index contributed by atoms with van der Waals surface area (Å²) >= 11 is 0. The zero-order chi connectivity index (χ0) is 20.3. The van der Waals surface area contributed by atoms with E-state index in [4.69, 9.17) is 14.2 Å². The predicted octanol–water partition coefficient (Wildman–Crippen LogP) is 3.99. The van der Waals surface area contributed by atoms with Crippen LogP contribution < -0.4 is 9.47 Å². The molecule has 1 aliphatic rings. The van der Waals surface area contributed by atoms with E-state index in [1.165, 1.54) is 12.0 Å². The predicted molar refractivity (Wildman–Crippen MR) is 105 cm³/mol. The minimum absolute atomic E-state index is 0.365. The largest absolute Gasteiger partial charge is 0.490 e. The Balaban J connectivity index is 2.12. The van der Waals surface area contributed by atoms with Crippen molar-refractivity contribution in [1.82, 2.24) is 4.90 Å². The molecule has 0 spiro atoms. The Bertz CT molecular complexity index is 853. The Kier molecular flexibility index (Phi) is 5.70. The van der Waals surface area contributed by atoms with Gasteiger partial charge in [0, 0.05) is 12.7 Å². The number of fused-ring (bicyclic) bond motifs is 1. The summed E-state index contributed by atoms with van der Waals surface area (Å²) in [6.45, 7) is 6.62. The zero-order valence-corrected chi connectivity index (χ0v) is 16.7. The molecule has 1 aliphatic heterocycles. The van der Waals surface area contributed by atoms with Gasteiger partial charge < -0.3 is 14.2 Å². The molecule has 1 atom stereocenters. The molecule has 0 aromatic heterocycles. The third-order valence-corrected chi connectivity index (χ3v) is 4.97. The number of hydrogen-bond acceptors (Lipinski definition) is 5. The van der Waals surface area contributed by atoms with Gasteiger partial charge in [0.2, 0.25) is 0 Å². The average Bonchev–Trinajstić information content (AvgIpc) is 2.97. The minimum atomic E-state index is -1.25. The molecule has 2 aromatic rings. The van der Waals surface area contributed by atoms with Crippen molar-refractivity contribution < 1.29 is 23.8 Å². The van der Waals surface area contributed by atoms with Crippen molar-refractivity contribution in [2.45, 2.75) is 32.9 Å². The number of hydrogen-bond donors (Lipinski definition) is 0. The van der Waals surface area contributed by atoms with Crippen molar-refractivity contribution in [3.05, 3.63) is 59.2 Å². The molecule has 0 radical (unpaired) electrons. The molecule has 28 heavy (non-hydrogen) atoms. The number of methoxy groups -OCH3 is 1. The van der Waals surface area contributed by atoms with Crippen molar-refractivity contribution >= 4 is 11.8 Å². The SMILES string of the molecule is CCOc1ccc(C(CC)(OC)N2C(=O)c3ccccc3C2=O)cc1OCC. The highest BCUT2D eigenvalue weighted by atomic mass is 16.5. The molecule has 6 heteroatoms. The van der Waals surface area contributed by atoms with Gasteiger partial charge in [0.1, 0.15) is 0 Å². The molecule has 0 saturated heterocycles. The molecule has 1 heterocycles. The van der Waals surface area contributed by atoms with Gasteiger partial charge in [-0.1, -0.05) is 25.1 Å². The molecule has 3 rings (SSSR count). The third kappa shape index (κ3) is 3.03. The minimum Gasteiger partial charge on any atom is -0.490 e. The van der Waals surface area contributed by atoms with Crippen LogP contribution in [0.2, 0.25) is 0 Å². The lowest BCUT2D eigenvalue weighted by Crippen LogP contribution is -2.50. The summed E-state index contributed by atoms with van der Waals surface area (Å²) in [7, 11) is 1.50. The number of carbonyl (C=O) groups excluding carboxylic acids is 2. The topological polar surface area (TPSA) is 65.1 Å². The lowest BCUT2D eigenvalue weighted by molar-refractivity contribution is -0.107. The van der Waals surface area contributed by atoms with Gasteiger partial charge in [0.15, 0.2) is 17.2 Å². The van der Waals surface area contributed by atoms with E-state index in [0.717, 1.165) is 0 Å². The lowest BCUT2D eigenvalue weighted by atomic mass is 9.97. The van der Waals surface area contributed by atoms with Crippen molar-refractivity contribution in [2.75, 3.05) is 20.3 Å². The first kappa shape index (κ1) is 19.9. The van der Waals surface area contributed by atoms with E-state index in [-0.39, 0.29) is 11.8 Å². The van der Waals surface area contributed by atoms with Crippen LogP contribution in [0.4, 0.5) is 0 Å². The van der Waals surface area contributed by atoms with E-state index in [1.54, 1.807) is 36.4 Å². The van der Waals surface area contributed by atoms with Gasteiger partial charge >= 0.3 is 0 Å². The van der Waals surface area contributed by atoms with Gasteiger partial charge in [-0.3, -0.25) is 9.59 Å². The first-order chi connectivity index (χ1) is 13.5. The maximum absolute atomic E-state index is 13.1. The van der Waals surface area contributed by atoms with Crippen molar-refractivity contribution in [2.24, 2.45) is 0 Å². The summed E-state index contributed by atoms with van der Waals surface area (Å²) < 4.78 is 17.2. The Morgan fingerprint density at radius 1 is 0.857 bits per heavy atom. The second kappa shape index (κ2) is 8.02. The van der Waals surface area contributed by atoms with Crippen LogP contribution in [0.15, 0.2) is 42.5 Å². The third-order valence-electron chi connectivity index (χ3n) is 4.97. The number of benzene rings is 2. The molecule has 6 nitrogen and oxygen atoms in total. The average molecular weight is 383 g/mol. The molecule has 148 valence electrons. The van der Waals surface area contributed by atoms with E-state index in [9.17, 15) is 9.59 Å². The Morgan fingerprint density at radius 3 is 1.93 bits per heavy atom. The highest BCUT2D eigenvalue weighted by molar-refractivity contribution is 6.21. The number of carbonyl (C=O) groups is 2. The van der Waals surface area contributed by atoms with Gasteiger partial charge in [-0.15, -0.1) is 0 Å². The normalized spacial score (nSPS) is 15.4. The first-order valence-corrected chi connectivity index (χ1v) is 9.47. The van der Waals surface area contributed by atoms with E-state index in [1.807, 2.05) is 26.8 Å². The molecule has 0 bridgehead atoms. The second-order valence-electron chi connectivity index (χ2n) is 6.36. The highest BCUT2D eigenvalue weighted by Crippen LogP contribution is 2.42. The van der Waals surface area contributed by atoms with Crippen LogP contribution in [-0.4, -0.2) is 37.0 Å². The van der Waals surface area contributed by atoms with Crippen molar-refractivity contribution in [3.8, 4) is 11.5 Å². The number of nitrogens with zero attached hydrogens (tertiary/aromatic N) is 1. The van der Waals surface area contributed by atoms with Crippen LogP contribution in [-0.2, 0) is 10.5 Å². The monoisotopic (exact) mass is 383 g/mol. The van der Waals surface area contributed by atoms with Crippen LogP contribution in [0.25, 0.3) is 0 Å². The Hall–Kier alpha value is -2.86. The standard InChI is InChI=1S/C22H25NO5/c1-5-22(26-4,15-12-13-18(27-6-2)19(14-15)28-7-3)23-20(24)16-10-8-9-11-17(16)21(23)25/h8-14H,5-7H2,1-4H3. The fourth-order valence-electron chi connectivity index (χ4n) is 3.66. The highest BCUT2D eigenvalue weighted by Gasteiger charge is 2.49. The molecular formula is C22H25NO5. The molecule has 0 saturated carbocycles. The summed E-state index contributed by atoms with van der Waals surface area (Å²) in [5, 5.41) is 0. The molecular weight excluding hydrogens is 358 g/mol. The summed E-state index contributed by atoms with van der Waals surface area (Å²) in [5.41, 5.74) is 0.180. The quantitative estimate of drug-likeness (QED) is 0.645. The molecule has 0 fully saturated rings. The smallest absolute Gasteiger partial charge is 0.264 e. The maximum Gasteiger partial charge on any atom is 0.264 e. The number of imide groups is 1. The van der Waals surface area contributed by atoms with Crippen LogP contribution in [0.1, 0.15) is 53.5 Å². The van der Waals surface area contributed by atoms with Crippen LogP contribution in [0, 0.1) is 0 Å². The lowest BCUT2D eigenvalue weighted by Gasteiger charge is -2.39. The number of rotatable bonds is 8. The fraction of sp³-hybridized carbons (Fsp3) is 0.364. The molecule has 2 amide bonds. The van der Waals surface area contributed by atoms with Crippen LogP contribution in [0.3, 0.4) is 0 Å². The number of amides is 2. The first-order valence-electron chi connectivity index (χ1n) is 9.47.